The molecule has 3 rings (SSSR count). The van der Waals surface area contributed by atoms with E-state index in [2.05, 4.69) is 0 Å². The predicted molar refractivity (Wildman–Crippen MR) is 99.6 cm³/mol. The predicted octanol–water partition coefficient (Wildman–Crippen LogP) is 4.84. The monoisotopic (exact) mass is 374 g/mol. The van der Waals surface area contributed by atoms with Crippen LogP contribution >= 0.6 is 23.4 Å². The van der Waals surface area contributed by atoms with Gasteiger partial charge in [0.25, 0.3) is 0 Å². The Labute approximate surface area is 153 Å². The standard InChI is InChI=1S/C19H15ClO4S/c1-12-10-19(22)24-17-11-14(4-7-16(12)17)23-18(21)8-9-25-15-5-2-13(20)3-6-15/h2-7,10-11H,8-9H2,1H3. The van der Waals surface area contributed by atoms with E-state index in [-0.39, 0.29) is 12.4 Å². The fraction of sp³-hybridized carbons (Fsp3) is 0.158. The quantitative estimate of drug-likeness (QED) is 0.277. The third kappa shape index (κ3) is 4.65. The van der Waals surface area contributed by atoms with Gasteiger partial charge in [0.1, 0.15) is 11.3 Å². The number of esters is 1. The molecule has 0 N–H and O–H groups in total. The number of carbonyl (C=O) groups excluding carboxylic acids is 1. The van der Waals surface area contributed by atoms with Crippen molar-refractivity contribution in [2.24, 2.45) is 0 Å². The first-order valence-electron chi connectivity index (χ1n) is 7.65. The van der Waals surface area contributed by atoms with Crippen LogP contribution in [-0.4, -0.2) is 11.7 Å². The van der Waals surface area contributed by atoms with Crippen LogP contribution < -0.4 is 10.4 Å². The zero-order valence-electron chi connectivity index (χ0n) is 13.5. The van der Waals surface area contributed by atoms with E-state index < -0.39 is 5.63 Å². The number of rotatable bonds is 5. The van der Waals surface area contributed by atoms with Crippen molar-refractivity contribution in [3.05, 3.63) is 69.5 Å². The Balaban J connectivity index is 1.60. The van der Waals surface area contributed by atoms with Crippen LogP contribution in [0.25, 0.3) is 11.0 Å². The third-order valence-electron chi connectivity index (χ3n) is 3.54. The highest BCUT2D eigenvalue weighted by molar-refractivity contribution is 7.99. The maximum Gasteiger partial charge on any atom is 0.336 e. The van der Waals surface area contributed by atoms with E-state index in [0.29, 0.717) is 22.1 Å². The summed E-state index contributed by atoms with van der Waals surface area (Å²) in [7, 11) is 0. The van der Waals surface area contributed by atoms with Crippen molar-refractivity contribution in [3.8, 4) is 5.75 Å². The smallest absolute Gasteiger partial charge is 0.336 e. The summed E-state index contributed by atoms with van der Waals surface area (Å²) in [5.74, 6) is 0.626. The largest absolute Gasteiger partial charge is 0.426 e. The van der Waals surface area contributed by atoms with Crippen molar-refractivity contribution in [1.82, 2.24) is 0 Å². The van der Waals surface area contributed by atoms with Gasteiger partial charge in [-0.1, -0.05) is 11.6 Å². The van der Waals surface area contributed by atoms with E-state index >= 15 is 0 Å². The molecule has 4 nitrogen and oxygen atoms in total. The van der Waals surface area contributed by atoms with Gasteiger partial charge in [0.05, 0.1) is 6.42 Å². The Morgan fingerprint density at radius 2 is 1.92 bits per heavy atom. The van der Waals surface area contributed by atoms with Gasteiger partial charge in [-0.05, 0) is 48.9 Å². The summed E-state index contributed by atoms with van der Waals surface area (Å²) < 4.78 is 10.5. The number of hydrogen-bond donors (Lipinski definition) is 0. The molecule has 0 aliphatic rings. The Bertz CT molecular complexity index is 963. The second-order valence-corrected chi connectivity index (χ2v) is 7.04. The molecule has 0 amide bonds. The molecule has 0 fully saturated rings. The van der Waals surface area contributed by atoms with E-state index in [0.717, 1.165) is 15.8 Å². The van der Waals surface area contributed by atoms with Crippen molar-refractivity contribution in [2.45, 2.75) is 18.2 Å². The minimum Gasteiger partial charge on any atom is -0.426 e. The molecule has 6 heteroatoms. The number of halogens is 1. The van der Waals surface area contributed by atoms with Gasteiger partial charge in [0, 0.05) is 33.2 Å². The van der Waals surface area contributed by atoms with Crippen LogP contribution in [0.1, 0.15) is 12.0 Å². The average molecular weight is 375 g/mol. The summed E-state index contributed by atoms with van der Waals surface area (Å²) in [6.07, 6.45) is 0.267. The molecule has 128 valence electrons. The van der Waals surface area contributed by atoms with Gasteiger partial charge in [-0.25, -0.2) is 4.79 Å². The second-order valence-electron chi connectivity index (χ2n) is 5.43. The van der Waals surface area contributed by atoms with Crippen LogP contribution in [0.5, 0.6) is 5.75 Å². The summed E-state index contributed by atoms with van der Waals surface area (Å²) in [6.45, 7) is 1.83. The minimum atomic E-state index is -0.423. The van der Waals surface area contributed by atoms with E-state index in [9.17, 15) is 9.59 Å². The molecule has 0 saturated carbocycles. The minimum absolute atomic E-state index is 0.267. The summed E-state index contributed by atoms with van der Waals surface area (Å²) >= 11 is 7.39. The van der Waals surface area contributed by atoms with E-state index in [1.165, 1.54) is 6.07 Å². The molecule has 0 aliphatic heterocycles. The van der Waals surface area contributed by atoms with Crippen molar-refractivity contribution in [3.63, 3.8) is 0 Å². The highest BCUT2D eigenvalue weighted by atomic mass is 35.5. The van der Waals surface area contributed by atoms with Crippen LogP contribution in [0.3, 0.4) is 0 Å². The van der Waals surface area contributed by atoms with Crippen LogP contribution in [0, 0.1) is 6.92 Å². The summed E-state index contributed by atoms with van der Waals surface area (Å²) in [5, 5.41) is 1.50. The van der Waals surface area contributed by atoms with Gasteiger partial charge in [-0.2, -0.15) is 0 Å². The van der Waals surface area contributed by atoms with Crippen molar-refractivity contribution < 1.29 is 13.9 Å². The molecule has 0 unspecified atom stereocenters. The lowest BCUT2D eigenvalue weighted by Crippen LogP contribution is -2.09. The average Bonchev–Trinajstić information content (AvgIpc) is 2.56. The Kier molecular flexibility index (Phi) is 5.46. The molecule has 1 aromatic heterocycles. The molecule has 0 saturated heterocycles. The maximum atomic E-state index is 12.0. The van der Waals surface area contributed by atoms with Crippen LogP contribution in [0.2, 0.25) is 5.02 Å². The first-order valence-corrected chi connectivity index (χ1v) is 9.01. The number of fused-ring (bicyclic) bond motifs is 1. The number of aryl methyl sites for hydroxylation is 1. The van der Waals surface area contributed by atoms with Gasteiger partial charge < -0.3 is 9.15 Å². The van der Waals surface area contributed by atoms with Crippen molar-refractivity contribution >= 4 is 40.3 Å². The van der Waals surface area contributed by atoms with Gasteiger partial charge >= 0.3 is 11.6 Å². The Morgan fingerprint density at radius 1 is 1.16 bits per heavy atom. The molecule has 25 heavy (non-hydrogen) atoms. The molecular formula is C19H15ClO4S. The molecule has 2 aromatic carbocycles. The third-order valence-corrected chi connectivity index (χ3v) is 4.81. The highest BCUT2D eigenvalue weighted by Crippen LogP contribution is 2.24. The number of thioether (sulfide) groups is 1. The molecule has 0 radical (unpaired) electrons. The summed E-state index contributed by atoms with van der Waals surface area (Å²) in [5.41, 5.74) is 0.808. The number of ether oxygens (including phenoxy) is 1. The van der Waals surface area contributed by atoms with Gasteiger partial charge in [-0.3, -0.25) is 4.79 Å². The maximum absolute atomic E-state index is 12.0. The fourth-order valence-electron chi connectivity index (χ4n) is 2.33. The molecule has 0 spiro atoms. The van der Waals surface area contributed by atoms with Gasteiger partial charge in [0.15, 0.2) is 0 Å². The normalized spacial score (nSPS) is 10.8. The van der Waals surface area contributed by atoms with Crippen molar-refractivity contribution in [1.29, 1.82) is 0 Å². The number of benzene rings is 2. The lowest BCUT2D eigenvalue weighted by atomic mass is 10.1. The molecule has 0 aliphatic carbocycles. The first kappa shape index (κ1) is 17.6. The number of hydrogen-bond acceptors (Lipinski definition) is 5. The zero-order chi connectivity index (χ0) is 17.8. The van der Waals surface area contributed by atoms with Crippen LogP contribution in [0.4, 0.5) is 0 Å². The van der Waals surface area contributed by atoms with Crippen molar-refractivity contribution in [2.75, 3.05) is 5.75 Å². The number of carbonyl (C=O) groups is 1. The highest BCUT2D eigenvalue weighted by Gasteiger charge is 2.08. The molecule has 3 aromatic rings. The Hall–Kier alpha value is -2.24. The Morgan fingerprint density at radius 3 is 2.68 bits per heavy atom. The van der Waals surface area contributed by atoms with E-state index in [1.54, 1.807) is 30.0 Å². The van der Waals surface area contributed by atoms with Gasteiger partial charge in [-0.15, -0.1) is 11.8 Å². The van der Waals surface area contributed by atoms with E-state index in [1.807, 2.05) is 31.2 Å². The topological polar surface area (TPSA) is 56.5 Å². The molecule has 0 atom stereocenters. The SMILES string of the molecule is Cc1cc(=O)oc2cc(OC(=O)CCSc3ccc(Cl)cc3)ccc12. The van der Waals surface area contributed by atoms with Gasteiger partial charge in [0.2, 0.25) is 0 Å². The summed E-state index contributed by atoms with van der Waals surface area (Å²) in [6, 6.07) is 13.9. The van der Waals surface area contributed by atoms with E-state index in [4.69, 9.17) is 20.8 Å². The molecular weight excluding hydrogens is 360 g/mol. The molecule has 0 bridgehead atoms. The van der Waals surface area contributed by atoms with Crippen LogP contribution in [-0.2, 0) is 4.79 Å². The lowest BCUT2D eigenvalue weighted by molar-refractivity contribution is -0.133. The lowest BCUT2D eigenvalue weighted by Gasteiger charge is -2.06. The fourth-order valence-corrected chi connectivity index (χ4v) is 3.29. The van der Waals surface area contributed by atoms with Crippen LogP contribution in [0.15, 0.2) is 62.6 Å². The second kappa shape index (κ2) is 7.76. The zero-order valence-corrected chi connectivity index (χ0v) is 15.0. The first-order chi connectivity index (χ1) is 12.0. The summed E-state index contributed by atoms with van der Waals surface area (Å²) in [4.78, 5) is 24.5. The molecule has 1 heterocycles.